The van der Waals surface area contributed by atoms with Gasteiger partial charge < -0.3 is 10.3 Å². The molecule has 0 spiro atoms. The predicted octanol–water partition coefficient (Wildman–Crippen LogP) is 0.786. The number of rotatable bonds is 4. The van der Waals surface area contributed by atoms with Gasteiger partial charge in [0.25, 0.3) is 0 Å². The van der Waals surface area contributed by atoms with E-state index in [1.54, 1.807) is 6.20 Å². The quantitative estimate of drug-likeness (QED) is 0.826. The summed E-state index contributed by atoms with van der Waals surface area (Å²) in [6, 6.07) is 2.00. The second kappa shape index (κ2) is 4.49. The summed E-state index contributed by atoms with van der Waals surface area (Å²) in [7, 11) is 3.91. The van der Waals surface area contributed by atoms with Crippen molar-refractivity contribution in [2.45, 2.75) is 18.9 Å². The normalized spacial score (nSPS) is 12.9. The number of aromatic nitrogens is 4. The topological polar surface area (TPSA) is 61.7 Å². The maximum absolute atomic E-state index is 6.09. The minimum absolute atomic E-state index is 0.0186. The Balaban J connectivity index is 1.97. The molecule has 0 fully saturated rings. The Morgan fingerprint density at radius 2 is 2.19 bits per heavy atom. The molecule has 0 aliphatic rings. The van der Waals surface area contributed by atoms with Crippen LogP contribution in [0.15, 0.2) is 24.7 Å². The highest BCUT2D eigenvalue weighted by Gasteiger charge is 2.11. The molecule has 2 aromatic rings. The maximum Gasteiger partial charge on any atom is 0.125 e. The van der Waals surface area contributed by atoms with Crippen LogP contribution >= 0.6 is 0 Å². The number of aryl methyl sites for hydroxylation is 3. The van der Waals surface area contributed by atoms with Crippen molar-refractivity contribution >= 4 is 0 Å². The van der Waals surface area contributed by atoms with E-state index < -0.39 is 0 Å². The minimum atomic E-state index is -0.0186. The van der Waals surface area contributed by atoms with E-state index in [-0.39, 0.29) is 6.04 Å². The Bertz CT molecular complexity index is 456. The summed E-state index contributed by atoms with van der Waals surface area (Å²) >= 11 is 0. The third-order valence-electron chi connectivity index (χ3n) is 2.82. The van der Waals surface area contributed by atoms with E-state index in [1.165, 1.54) is 5.69 Å². The molecule has 16 heavy (non-hydrogen) atoms. The first-order valence-corrected chi connectivity index (χ1v) is 5.38. The number of hydrogen-bond acceptors (Lipinski definition) is 3. The first-order chi connectivity index (χ1) is 7.68. The van der Waals surface area contributed by atoms with E-state index in [2.05, 4.69) is 10.1 Å². The molecular formula is C11H17N5. The van der Waals surface area contributed by atoms with Gasteiger partial charge in [-0.3, -0.25) is 4.68 Å². The number of imidazole rings is 1. The van der Waals surface area contributed by atoms with Crippen molar-refractivity contribution in [3.8, 4) is 0 Å². The van der Waals surface area contributed by atoms with Crippen LogP contribution in [0, 0.1) is 0 Å². The van der Waals surface area contributed by atoms with Crippen molar-refractivity contribution in [2.24, 2.45) is 19.8 Å². The molecule has 0 aromatic carbocycles. The van der Waals surface area contributed by atoms with Gasteiger partial charge in [0.15, 0.2) is 0 Å². The van der Waals surface area contributed by atoms with Crippen LogP contribution in [0.5, 0.6) is 0 Å². The maximum atomic E-state index is 6.09. The summed E-state index contributed by atoms with van der Waals surface area (Å²) in [6.45, 7) is 0. The molecule has 2 N–H and O–H groups in total. The molecule has 5 heteroatoms. The number of nitrogens with zero attached hydrogens (tertiary/aromatic N) is 4. The van der Waals surface area contributed by atoms with E-state index in [0.717, 1.165) is 18.7 Å². The Morgan fingerprint density at radius 3 is 2.75 bits per heavy atom. The minimum Gasteiger partial charge on any atom is -0.337 e. The van der Waals surface area contributed by atoms with Crippen molar-refractivity contribution in [2.75, 3.05) is 0 Å². The van der Waals surface area contributed by atoms with Crippen LogP contribution in [0.1, 0.15) is 24.0 Å². The number of nitrogens with two attached hydrogens (primary N) is 1. The molecule has 2 heterocycles. The smallest absolute Gasteiger partial charge is 0.125 e. The van der Waals surface area contributed by atoms with Gasteiger partial charge in [-0.15, -0.1) is 0 Å². The van der Waals surface area contributed by atoms with E-state index >= 15 is 0 Å². The molecule has 86 valence electrons. The first kappa shape index (κ1) is 10.9. The molecule has 2 rings (SSSR count). The molecule has 0 amide bonds. The van der Waals surface area contributed by atoms with Crippen LogP contribution in [0.4, 0.5) is 0 Å². The Kier molecular flexibility index (Phi) is 3.05. The highest BCUT2D eigenvalue weighted by atomic mass is 15.2. The summed E-state index contributed by atoms with van der Waals surface area (Å²) in [5, 5.41) is 4.13. The standard InChI is InChI=1S/C11H17N5/c1-15-8-7-13-11(15)10(12)4-3-9-5-6-14-16(9)2/h5-8,10H,3-4,12H2,1-2H3. The van der Waals surface area contributed by atoms with Gasteiger partial charge in [-0.1, -0.05) is 0 Å². The SMILES string of the molecule is Cn1ccnc1C(N)CCc1ccnn1C. The molecule has 2 aromatic heterocycles. The van der Waals surface area contributed by atoms with Gasteiger partial charge in [0.1, 0.15) is 5.82 Å². The van der Waals surface area contributed by atoms with Gasteiger partial charge in [0, 0.05) is 38.4 Å². The lowest BCUT2D eigenvalue weighted by Gasteiger charge is -2.11. The zero-order valence-electron chi connectivity index (χ0n) is 9.67. The molecule has 0 saturated carbocycles. The lowest BCUT2D eigenvalue weighted by atomic mass is 10.1. The van der Waals surface area contributed by atoms with Gasteiger partial charge in [-0.2, -0.15) is 5.10 Å². The lowest BCUT2D eigenvalue weighted by Crippen LogP contribution is -2.16. The van der Waals surface area contributed by atoms with E-state index in [4.69, 9.17) is 5.73 Å². The van der Waals surface area contributed by atoms with Crippen molar-refractivity contribution < 1.29 is 0 Å². The summed E-state index contributed by atoms with van der Waals surface area (Å²) in [4.78, 5) is 4.25. The summed E-state index contributed by atoms with van der Waals surface area (Å²) < 4.78 is 3.85. The third-order valence-corrected chi connectivity index (χ3v) is 2.82. The van der Waals surface area contributed by atoms with Crippen LogP contribution in [-0.2, 0) is 20.5 Å². The van der Waals surface area contributed by atoms with Crippen LogP contribution in [0.2, 0.25) is 0 Å². The fraction of sp³-hybridized carbons (Fsp3) is 0.455. The zero-order valence-corrected chi connectivity index (χ0v) is 9.67. The molecule has 5 nitrogen and oxygen atoms in total. The molecule has 0 aliphatic carbocycles. The Morgan fingerprint density at radius 1 is 1.38 bits per heavy atom. The molecule has 0 aliphatic heterocycles. The largest absolute Gasteiger partial charge is 0.337 e. The second-order valence-corrected chi connectivity index (χ2v) is 3.99. The monoisotopic (exact) mass is 219 g/mol. The average Bonchev–Trinajstić information content (AvgIpc) is 2.84. The summed E-state index contributed by atoms with van der Waals surface area (Å²) in [6.07, 6.45) is 7.30. The average molecular weight is 219 g/mol. The highest BCUT2D eigenvalue weighted by Crippen LogP contribution is 2.14. The fourth-order valence-electron chi connectivity index (χ4n) is 1.81. The molecule has 0 saturated heterocycles. The zero-order chi connectivity index (χ0) is 11.5. The van der Waals surface area contributed by atoms with Gasteiger partial charge in [-0.05, 0) is 18.9 Å². The van der Waals surface area contributed by atoms with Crippen LogP contribution in [0.25, 0.3) is 0 Å². The molecule has 0 bridgehead atoms. The predicted molar refractivity (Wildman–Crippen MR) is 61.7 cm³/mol. The fourth-order valence-corrected chi connectivity index (χ4v) is 1.81. The Labute approximate surface area is 94.9 Å². The van der Waals surface area contributed by atoms with E-state index in [0.29, 0.717) is 0 Å². The van der Waals surface area contributed by atoms with Gasteiger partial charge in [-0.25, -0.2) is 4.98 Å². The summed E-state index contributed by atoms with van der Waals surface area (Å²) in [5.41, 5.74) is 7.29. The van der Waals surface area contributed by atoms with Gasteiger partial charge >= 0.3 is 0 Å². The van der Waals surface area contributed by atoms with E-state index in [1.807, 2.05) is 41.8 Å². The molecule has 1 unspecified atom stereocenters. The molecule has 1 atom stereocenters. The lowest BCUT2D eigenvalue weighted by molar-refractivity contribution is 0.570. The van der Waals surface area contributed by atoms with Crippen LogP contribution in [0.3, 0.4) is 0 Å². The molecular weight excluding hydrogens is 202 g/mol. The van der Waals surface area contributed by atoms with Gasteiger partial charge in [0.05, 0.1) is 6.04 Å². The van der Waals surface area contributed by atoms with E-state index in [9.17, 15) is 0 Å². The Hall–Kier alpha value is -1.62. The van der Waals surface area contributed by atoms with Gasteiger partial charge in [0.2, 0.25) is 0 Å². The van der Waals surface area contributed by atoms with Crippen molar-refractivity contribution in [1.29, 1.82) is 0 Å². The first-order valence-electron chi connectivity index (χ1n) is 5.38. The van der Waals surface area contributed by atoms with Crippen molar-refractivity contribution in [3.63, 3.8) is 0 Å². The van der Waals surface area contributed by atoms with Crippen LogP contribution in [-0.4, -0.2) is 19.3 Å². The molecule has 0 radical (unpaired) electrons. The summed E-state index contributed by atoms with van der Waals surface area (Å²) in [5.74, 6) is 0.933. The number of hydrogen-bond donors (Lipinski definition) is 1. The highest BCUT2D eigenvalue weighted by molar-refractivity contribution is 5.03. The van der Waals surface area contributed by atoms with Crippen LogP contribution < -0.4 is 5.73 Å². The van der Waals surface area contributed by atoms with Crippen molar-refractivity contribution in [1.82, 2.24) is 19.3 Å². The van der Waals surface area contributed by atoms with Crippen molar-refractivity contribution in [3.05, 3.63) is 36.2 Å². The second-order valence-electron chi connectivity index (χ2n) is 3.99. The third kappa shape index (κ3) is 2.14.